The standard InChI is InChI=1S/C26H26N2O4S/c1-31-21-13-12-19(14-22(21)32-2)24-15-26(30)28(20-10-6-7-11-23(20)33-24)17-25(29)27-16-18-8-4-3-5-9-18/h3-14,24H,15-17H2,1-2H3,(H,27,29)/t24-/m0/s1. The van der Waals surface area contributed by atoms with Gasteiger partial charge in [0.05, 0.1) is 19.9 Å². The number of para-hydroxylation sites is 1. The van der Waals surface area contributed by atoms with Crippen LogP contribution < -0.4 is 19.7 Å². The van der Waals surface area contributed by atoms with Crippen molar-refractivity contribution in [3.05, 3.63) is 83.9 Å². The topological polar surface area (TPSA) is 67.9 Å². The Balaban J connectivity index is 1.55. The second-order valence-electron chi connectivity index (χ2n) is 7.63. The number of nitrogens with one attached hydrogen (secondary N) is 1. The summed E-state index contributed by atoms with van der Waals surface area (Å²) in [6, 6.07) is 23.1. The Morgan fingerprint density at radius 1 is 1.00 bits per heavy atom. The molecule has 1 aliphatic rings. The molecule has 3 aromatic carbocycles. The first-order valence-electron chi connectivity index (χ1n) is 10.7. The Hall–Kier alpha value is -3.45. The summed E-state index contributed by atoms with van der Waals surface area (Å²) in [5.74, 6) is 0.972. The van der Waals surface area contributed by atoms with E-state index < -0.39 is 0 Å². The molecule has 2 amide bonds. The highest BCUT2D eigenvalue weighted by molar-refractivity contribution is 7.99. The number of benzene rings is 3. The fourth-order valence-electron chi connectivity index (χ4n) is 3.79. The predicted molar refractivity (Wildman–Crippen MR) is 130 cm³/mol. The first kappa shape index (κ1) is 22.7. The molecule has 6 nitrogen and oxygen atoms in total. The van der Waals surface area contributed by atoms with Crippen LogP contribution in [0.4, 0.5) is 5.69 Å². The first-order chi connectivity index (χ1) is 16.1. The van der Waals surface area contributed by atoms with E-state index >= 15 is 0 Å². The lowest BCUT2D eigenvalue weighted by atomic mass is 10.1. The number of rotatable bonds is 7. The number of carbonyl (C=O) groups excluding carboxylic acids is 2. The zero-order valence-corrected chi connectivity index (χ0v) is 19.4. The van der Waals surface area contributed by atoms with Gasteiger partial charge in [0.2, 0.25) is 11.8 Å². The van der Waals surface area contributed by atoms with Crippen LogP contribution in [0, 0.1) is 0 Å². The molecule has 0 spiro atoms. The van der Waals surface area contributed by atoms with Crippen LogP contribution in [0.5, 0.6) is 11.5 Å². The van der Waals surface area contributed by atoms with Crippen molar-refractivity contribution in [1.82, 2.24) is 5.32 Å². The fraction of sp³-hybridized carbons (Fsp3) is 0.231. The average Bonchev–Trinajstić information content (AvgIpc) is 2.99. The second-order valence-corrected chi connectivity index (χ2v) is 8.88. The molecule has 0 aromatic heterocycles. The second kappa shape index (κ2) is 10.4. The maximum atomic E-state index is 13.3. The van der Waals surface area contributed by atoms with E-state index in [-0.39, 0.29) is 30.0 Å². The number of anilines is 1. The van der Waals surface area contributed by atoms with Crippen molar-refractivity contribution in [1.29, 1.82) is 0 Å². The van der Waals surface area contributed by atoms with Gasteiger partial charge in [-0.25, -0.2) is 0 Å². The van der Waals surface area contributed by atoms with Gasteiger partial charge in [0.25, 0.3) is 0 Å². The Labute approximate surface area is 197 Å². The molecular weight excluding hydrogens is 436 g/mol. The molecule has 33 heavy (non-hydrogen) atoms. The highest BCUT2D eigenvalue weighted by Gasteiger charge is 2.30. The highest BCUT2D eigenvalue weighted by atomic mass is 32.2. The Bertz CT molecular complexity index is 1140. The maximum absolute atomic E-state index is 13.3. The molecular formula is C26H26N2O4S. The van der Waals surface area contributed by atoms with E-state index in [2.05, 4.69) is 5.32 Å². The van der Waals surface area contributed by atoms with E-state index in [1.807, 2.05) is 72.8 Å². The molecule has 0 aliphatic carbocycles. The van der Waals surface area contributed by atoms with Gasteiger partial charge < -0.3 is 19.7 Å². The minimum atomic E-state index is -0.198. The third-order valence-electron chi connectivity index (χ3n) is 5.50. The number of nitrogens with zero attached hydrogens (tertiary/aromatic N) is 1. The number of hydrogen-bond acceptors (Lipinski definition) is 5. The molecule has 0 radical (unpaired) electrons. The van der Waals surface area contributed by atoms with Gasteiger partial charge in [-0.1, -0.05) is 48.5 Å². The number of methoxy groups -OCH3 is 2. The quantitative estimate of drug-likeness (QED) is 0.556. The summed E-state index contributed by atoms with van der Waals surface area (Å²) < 4.78 is 10.8. The van der Waals surface area contributed by atoms with E-state index in [1.165, 1.54) is 0 Å². The SMILES string of the molecule is COc1ccc([C@@H]2CC(=O)N(CC(=O)NCc3ccccc3)c3ccccc3S2)cc1OC. The van der Waals surface area contributed by atoms with Gasteiger partial charge in [-0.3, -0.25) is 9.59 Å². The van der Waals surface area contributed by atoms with Gasteiger partial charge >= 0.3 is 0 Å². The van der Waals surface area contributed by atoms with Crippen LogP contribution in [0.3, 0.4) is 0 Å². The largest absolute Gasteiger partial charge is 0.493 e. The summed E-state index contributed by atoms with van der Waals surface area (Å²) in [4.78, 5) is 28.6. The molecule has 1 atom stereocenters. The molecule has 1 heterocycles. The highest BCUT2D eigenvalue weighted by Crippen LogP contribution is 2.46. The number of fused-ring (bicyclic) bond motifs is 1. The van der Waals surface area contributed by atoms with Crippen LogP contribution in [0.1, 0.15) is 22.8 Å². The van der Waals surface area contributed by atoms with Crippen LogP contribution in [-0.4, -0.2) is 32.6 Å². The summed E-state index contributed by atoms with van der Waals surface area (Å²) in [6.45, 7) is 0.397. The van der Waals surface area contributed by atoms with Gasteiger partial charge in [-0.2, -0.15) is 0 Å². The fourth-order valence-corrected chi connectivity index (χ4v) is 5.06. The number of amides is 2. The summed E-state index contributed by atoms with van der Waals surface area (Å²) in [7, 11) is 3.19. The van der Waals surface area contributed by atoms with Gasteiger partial charge in [-0.05, 0) is 35.4 Å². The van der Waals surface area contributed by atoms with Crippen LogP contribution >= 0.6 is 11.8 Å². The first-order valence-corrected chi connectivity index (χ1v) is 11.6. The van der Waals surface area contributed by atoms with Crippen LogP contribution in [0.2, 0.25) is 0 Å². The van der Waals surface area contributed by atoms with Crippen LogP contribution in [0.15, 0.2) is 77.7 Å². The van der Waals surface area contributed by atoms with E-state index in [4.69, 9.17) is 9.47 Å². The van der Waals surface area contributed by atoms with Gasteiger partial charge in [-0.15, -0.1) is 11.8 Å². The van der Waals surface area contributed by atoms with E-state index in [0.29, 0.717) is 18.0 Å². The molecule has 0 saturated heterocycles. The summed E-state index contributed by atoms with van der Waals surface area (Å²) in [6.07, 6.45) is 0.265. The molecule has 7 heteroatoms. The van der Waals surface area contributed by atoms with Crippen molar-refractivity contribution < 1.29 is 19.1 Å². The normalized spacial score (nSPS) is 15.4. The molecule has 1 N–H and O–H groups in total. The van der Waals surface area contributed by atoms with E-state index in [1.54, 1.807) is 30.9 Å². The van der Waals surface area contributed by atoms with Crippen LogP contribution in [0.25, 0.3) is 0 Å². The molecule has 0 unspecified atom stereocenters. The molecule has 170 valence electrons. The summed E-state index contributed by atoms with van der Waals surface area (Å²) in [5, 5.41) is 2.80. The lowest BCUT2D eigenvalue weighted by Crippen LogP contribution is -2.40. The smallest absolute Gasteiger partial charge is 0.240 e. The molecule has 4 rings (SSSR count). The third kappa shape index (κ3) is 5.31. The molecule has 0 bridgehead atoms. The molecule has 0 fully saturated rings. The minimum Gasteiger partial charge on any atom is -0.493 e. The monoisotopic (exact) mass is 462 g/mol. The molecule has 0 saturated carbocycles. The van der Waals surface area contributed by atoms with Crippen molar-refractivity contribution in [3.63, 3.8) is 0 Å². The third-order valence-corrected chi connectivity index (χ3v) is 6.82. The summed E-state index contributed by atoms with van der Waals surface area (Å²) >= 11 is 1.62. The lowest BCUT2D eigenvalue weighted by molar-refractivity contribution is -0.124. The number of thioether (sulfide) groups is 1. The lowest BCUT2D eigenvalue weighted by Gasteiger charge is -2.22. The zero-order chi connectivity index (χ0) is 23.2. The Kier molecular flexibility index (Phi) is 7.19. The maximum Gasteiger partial charge on any atom is 0.240 e. The average molecular weight is 463 g/mol. The van der Waals surface area contributed by atoms with E-state index in [9.17, 15) is 9.59 Å². The van der Waals surface area contributed by atoms with Crippen molar-refractivity contribution in [3.8, 4) is 11.5 Å². The van der Waals surface area contributed by atoms with Crippen molar-refractivity contribution >= 4 is 29.3 Å². The van der Waals surface area contributed by atoms with Crippen molar-refractivity contribution in [2.24, 2.45) is 0 Å². The predicted octanol–water partition coefficient (Wildman–Crippen LogP) is 4.59. The van der Waals surface area contributed by atoms with Gasteiger partial charge in [0.15, 0.2) is 11.5 Å². The molecule has 1 aliphatic heterocycles. The zero-order valence-electron chi connectivity index (χ0n) is 18.6. The summed E-state index contributed by atoms with van der Waals surface area (Å²) in [5.41, 5.74) is 2.74. The Morgan fingerprint density at radius 2 is 1.73 bits per heavy atom. The van der Waals surface area contributed by atoms with Crippen molar-refractivity contribution in [2.45, 2.75) is 23.1 Å². The molecule has 3 aromatic rings. The number of ether oxygens (including phenoxy) is 2. The van der Waals surface area contributed by atoms with Crippen LogP contribution in [-0.2, 0) is 16.1 Å². The van der Waals surface area contributed by atoms with Gasteiger partial charge in [0, 0.05) is 23.1 Å². The van der Waals surface area contributed by atoms with E-state index in [0.717, 1.165) is 21.7 Å². The van der Waals surface area contributed by atoms with Crippen molar-refractivity contribution in [2.75, 3.05) is 25.7 Å². The minimum absolute atomic E-state index is 0.0259. The number of carbonyl (C=O) groups is 2. The van der Waals surface area contributed by atoms with Gasteiger partial charge in [0.1, 0.15) is 6.54 Å². The Morgan fingerprint density at radius 3 is 2.48 bits per heavy atom. The number of hydrogen-bond donors (Lipinski definition) is 1.